The van der Waals surface area contributed by atoms with E-state index >= 15 is 0 Å². The topological polar surface area (TPSA) is 25.2 Å². The van der Waals surface area contributed by atoms with Gasteiger partial charge in [0.25, 0.3) is 0 Å². The Morgan fingerprint density at radius 2 is 2.12 bits per heavy atom. The minimum atomic E-state index is 0.569. The fourth-order valence-electron chi connectivity index (χ4n) is 2.46. The maximum atomic E-state index is 5.32. The quantitative estimate of drug-likeness (QED) is 0.843. The Hall–Kier alpha value is -0.760. The summed E-state index contributed by atoms with van der Waals surface area (Å²) in [5, 5.41) is 3.64. The van der Waals surface area contributed by atoms with Gasteiger partial charge in [0, 0.05) is 19.0 Å². The first-order valence-electron chi connectivity index (χ1n) is 6.41. The molecule has 1 aliphatic rings. The summed E-state index contributed by atoms with van der Waals surface area (Å²) in [4.78, 5) is 0. The molecule has 0 atom stereocenters. The summed E-state index contributed by atoms with van der Waals surface area (Å²) in [6.07, 6.45) is 8.11. The Balaban J connectivity index is 1.64. The van der Waals surface area contributed by atoms with Gasteiger partial charge in [-0.25, -0.2) is 0 Å². The largest absolute Gasteiger partial charge is 0.469 e. The van der Waals surface area contributed by atoms with Crippen LogP contribution in [0.15, 0.2) is 22.8 Å². The molecule has 1 aliphatic carbocycles. The van der Waals surface area contributed by atoms with E-state index in [1.165, 1.54) is 25.7 Å². The normalized spacial score (nSPS) is 21.1. The molecule has 0 aromatic carbocycles. The van der Waals surface area contributed by atoms with Gasteiger partial charge in [-0.05, 0) is 43.2 Å². The van der Waals surface area contributed by atoms with Crippen LogP contribution in [0.5, 0.6) is 0 Å². The standard InChI is InChI=1S/C14H23NO/c1-14(2)8-5-12(6-9-14)15-10-7-13-4-3-11-16-13/h3-4,11-12,15H,5-10H2,1-2H3. The maximum Gasteiger partial charge on any atom is 0.105 e. The van der Waals surface area contributed by atoms with Gasteiger partial charge in [-0.2, -0.15) is 0 Å². The van der Waals surface area contributed by atoms with E-state index in [4.69, 9.17) is 4.42 Å². The molecule has 0 aliphatic heterocycles. The van der Waals surface area contributed by atoms with E-state index in [9.17, 15) is 0 Å². The molecule has 2 nitrogen and oxygen atoms in total. The average Bonchev–Trinajstić information content (AvgIpc) is 2.73. The first-order chi connectivity index (χ1) is 7.66. The Morgan fingerprint density at radius 1 is 1.38 bits per heavy atom. The molecule has 0 saturated heterocycles. The Labute approximate surface area is 98.4 Å². The molecule has 1 fully saturated rings. The van der Waals surface area contributed by atoms with Crippen LogP contribution in [0.1, 0.15) is 45.3 Å². The first kappa shape index (κ1) is 11.7. The van der Waals surface area contributed by atoms with E-state index in [2.05, 4.69) is 19.2 Å². The summed E-state index contributed by atoms with van der Waals surface area (Å²) < 4.78 is 5.32. The molecule has 0 unspecified atom stereocenters. The molecular formula is C14H23NO. The minimum Gasteiger partial charge on any atom is -0.469 e. The summed E-state index contributed by atoms with van der Waals surface area (Å²) in [5.74, 6) is 1.09. The van der Waals surface area contributed by atoms with Crippen LogP contribution in [-0.2, 0) is 6.42 Å². The van der Waals surface area contributed by atoms with E-state index < -0.39 is 0 Å². The van der Waals surface area contributed by atoms with E-state index in [1.54, 1.807) is 6.26 Å². The molecule has 1 heterocycles. The summed E-state index contributed by atoms with van der Waals surface area (Å²) >= 11 is 0. The highest BCUT2D eigenvalue weighted by Gasteiger charge is 2.26. The number of furan rings is 1. The van der Waals surface area contributed by atoms with Crippen molar-refractivity contribution in [2.45, 2.75) is 52.0 Å². The van der Waals surface area contributed by atoms with E-state index in [0.29, 0.717) is 5.41 Å². The van der Waals surface area contributed by atoms with Crippen molar-refractivity contribution in [3.8, 4) is 0 Å². The smallest absolute Gasteiger partial charge is 0.105 e. The maximum absolute atomic E-state index is 5.32. The highest BCUT2D eigenvalue weighted by Crippen LogP contribution is 2.34. The van der Waals surface area contributed by atoms with Crippen molar-refractivity contribution in [1.29, 1.82) is 0 Å². The molecule has 1 saturated carbocycles. The molecule has 1 aromatic rings. The lowest BCUT2D eigenvalue weighted by atomic mass is 9.75. The van der Waals surface area contributed by atoms with Gasteiger partial charge in [0.2, 0.25) is 0 Å². The zero-order chi connectivity index (χ0) is 11.4. The van der Waals surface area contributed by atoms with Gasteiger partial charge in [-0.3, -0.25) is 0 Å². The van der Waals surface area contributed by atoms with Crippen LogP contribution in [-0.4, -0.2) is 12.6 Å². The predicted molar refractivity (Wildman–Crippen MR) is 66.5 cm³/mol. The minimum absolute atomic E-state index is 0.569. The second-order valence-corrected chi connectivity index (χ2v) is 5.72. The van der Waals surface area contributed by atoms with Crippen LogP contribution in [0.25, 0.3) is 0 Å². The number of hydrogen-bond acceptors (Lipinski definition) is 2. The molecular weight excluding hydrogens is 198 g/mol. The van der Waals surface area contributed by atoms with E-state index in [0.717, 1.165) is 24.8 Å². The second-order valence-electron chi connectivity index (χ2n) is 5.72. The summed E-state index contributed by atoms with van der Waals surface area (Å²) in [5.41, 5.74) is 0.569. The number of rotatable bonds is 4. The molecule has 90 valence electrons. The highest BCUT2D eigenvalue weighted by atomic mass is 16.3. The van der Waals surface area contributed by atoms with Crippen LogP contribution >= 0.6 is 0 Å². The number of nitrogens with one attached hydrogen (secondary N) is 1. The zero-order valence-electron chi connectivity index (χ0n) is 10.5. The fraction of sp³-hybridized carbons (Fsp3) is 0.714. The van der Waals surface area contributed by atoms with Crippen molar-refractivity contribution in [3.63, 3.8) is 0 Å². The number of hydrogen-bond donors (Lipinski definition) is 1. The van der Waals surface area contributed by atoms with Gasteiger partial charge in [0.15, 0.2) is 0 Å². The third-order valence-electron chi connectivity index (χ3n) is 3.72. The van der Waals surface area contributed by atoms with Crippen molar-refractivity contribution in [2.75, 3.05) is 6.54 Å². The first-order valence-corrected chi connectivity index (χ1v) is 6.41. The monoisotopic (exact) mass is 221 g/mol. The lowest BCUT2D eigenvalue weighted by Crippen LogP contribution is -2.36. The molecule has 1 aromatic heterocycles. The molecule has 0 bridgehead atoms. The summed E-state index contributed by atoms with van der Waals surface area (Å²) in [7, 11) is 0. The lowest BCUT2D eigenvalue weighted by Gasteiger charge is -2.34. The molecule has 1 N–H and O–H groups in total. The molecule has 0 radical (unpaired) electrons. The third-order valence-corrected chi connectivity index (χ3v) is 3.72. The lowest BCUT2D eigenvalue weighted by molar-refractivity contribution is 0.207. The van der Waals surface area contributed by atoms with Gasteiger partial charge < -0.3 is 9.73 Å². The van der Waals surface area contributed by atoms with Crippen molar-refractivity contribution < 1.29 is 4.42 Å². The molecule has 0 amide bonds. The van der Waals surface area contributed by atoms with E-state index in [-0.39, 0.29) is 0 Å². The second kappa shape index (κ2) is 5.05. The van der Waals surface area contributed by atoms with Gasteiger partial charge >= 0.3 is 0 Å². The summed E-state index contributed by atoms with van der Waals surface area (Å²) in [6.45, 7) is 5.80. The van der Waals surface area contributed by atoms with Gasteiger partial charge in [-0.1, -0.05) is 13.8 Å². The molecule has 2 rings (SSSR count). The Bertz CT molecular complexity index is 293. The third kappa shape index (κ3) is 3.38. The zero-order valence-corrected chi connectivity index (χ0v) is 10.5. The van der Waals surface area contributed by atoms with Crippen LogP contribution < -0.4 is 5.32 Å². The average molecular weight is 221 g/mol. The SMILES string of the molecule is CC1(C)CCC(NCCc2ccco2)CC1. The van der Waals surface area contributed by atoms with Crippen LogP contribution in [0.3, 0.4) is 0 Å². The molecule has 2 heteroatoms. The molecule has 16 heavy (non-hydrogen) atoms. The van der Waals surface area contributed by atoms with E-state index in [1.807, 2.05) is 12.1 Å². The van der Waals surface area contributed by atoms with Crippen LogP contribution in [0.2, 0.25) is 0 Å². The van der Waals surface area contributed by atoms with Gasteiger partial charge in [0.05, 0.1) is 6.26 Å². The predicted octanol–water partition coefficient (Wildman–Crippen LogP) is 3.38. The van der Waals surface area contributed by atoms with Crippen molar-refractivity contribution in [1.82, 2.24) is 5.32 Å². The summed E-state index contributed by atoms with van der Waals surface area (Å²) in [6, 6.07) is 4.73. The van der Waals surface area contributed by atoms with Gasteiger partial charge in [0.1, 0.15) is 5.76 Å². The van der Waals surface area contributed by atoms with Crippen molar-refractivity contribution >= 4 is 0 Å². The molecule has 0 spiro atoms. The van der Waals surface area contributed by atoms with Crippen molar-refractivity contribution in [2.24, 2.45) is 5.41 Å². The highest BCUT2D eigenvalue weighted by molar-refractivity contribution is 4.98. The fourth-order valence-corrected chi connectivity index (χ4v) is 2.46. The van der Waals surface area contributed by atoms with Crippen LogP contribution in [0.4, 0.5) is 0 Å². The van der Waals surface area contributed by atoms with Crippen molar-refractivity contribution in [3.05, 3.63) is 24.2 Å². The Morgan fingerprint density at radius 3 is 2.75 bits per heavy atom. The Kier molecular flexibility index (Phi) is 3.70. The van der Waals surface area contributed by atoms with Crippen LogP contribution in [0, 0.1) is 5.41 Å². The van der Waals surface area contributed by atoms with Gasteiger partial charge in [-0.15, -0.1) is 0 Å².